The molecule has 0 amide bonds. The zero-order valence-electron chi connectivity index (χ0n) is 14.1. The lowest BCUT2D eigenvalue weighted by molar-refractivity contribution is -0.0629. The summed E-state index contributed by atoms with van der Waals surface area (Å²) >= 11 is 0. The van der Waals surface area contributed by atoms with E-state index >= 15 is 0 Å². The van der Waals surface area contributed by atoms with Crippen LogP contribution in [0.4, 0.5) is 0 Å². The molecule has 1 atom stereocenters. The minimum absolute atomic E-state index is 0.0372. The summed E-state index contributed by atoms with van der Waals surface area (Å²) < 4.78 is 5.78. The van der Waals surface area contributed by atoms with Crippen LogP contribution in [0.3, 0.4) is 0 Å². The van der Waals surface area contributed by atoms with E-state index in [4.69, 9.17) is 4.74 Å². The topological polar surface area (TPSA) is 21.3 Å². The number of hydrogen-bond acceptors (Lipinski definition) is 2. The van der Waals surface area contributed by atoms with Crippen LogP contribution in [0.1, 0.15) is 52.5 Å². The molecule has 118 valence electrons. The Labute approximate surface area is 130 Å². The summed E-state index contributed by atoms with van der Waals surface area (Å²) in [5.41, 5.74) is 1.82. The van der Waals surface area contributed by atoms with Crippen LogP contribution in [0.15, 0.2) is 30.3 Å². The first-order chi connectivity index (χ1) is 9.86. The van der Waals surface area contributed by atoms with Crippen molar-refractivity contribution in [1.29, 1.82) is 0 Å². The fourth-order valence-electron chi connectivity index (χ4n) is 3.26. The molecule has 0 aliphatic carbocycles. The lowest BCUT2D eigenvalue weighted by Crippen LogP contribution is -2.44. The van der Waals surface area contributed by atoms with Crippen molar-refractivity contribution in [3.63, 3.8) is 0 Å². The van der Waals surface area contributed by atoms with Gasteiger partial charge < -0.3 is 10.1 Å². The minimum Gasteiger partial charge on any atom is -0.375 e. The van der Waals surface area contributed by atoms with Crippen molar-refractivity contribution in [3.05, 3.63) is 35.9 Å². The second-order valence-electron chi connectivity index (χ2n) is 7.83. The van der Waals surface area contributed by atoms with Gasteiger partial charge in [0, 0.05) is 12.6 Å². The van der Waals surface area contributed by atoms with Crippen molar-refractivity contribution in [1.82, 2.24) is 5.32 Å². The average Bonchev–Trinajstić information content (AvgIpc) is 2.38. The summed E-state index contributed by atoms with van der Waals surface area (Å²) in [7, 11) is 0. The molecule has 1 fully saturated rings. The third kappa shape index (κ3) is 5.80. The molecule has 1 heterocycles. The predicted molar refractivity (Wildman–Crippen MR) is 89.6 cm³/mol. The van der Waals surface area contributed by atoms with Gasteiger partial charge in [-0.25, -0.2) is 0 Å². The maximum atomic E-state index is 5.78. The molecule has 1 aliphatic rings. The Hall–Kier alpha value is -0.860. The van der Waals surface area contributed by atoms with Crippen LogP contribution in [0.2, 0.25) is 0 Å². The summed E-state index contributed by atoms with van der Waals surface area (Å²) in [5, 5.41) is 3.74. The molecule has 0 bridgehead atoms. The Balaban J connectivity index is 1.74. The molecule has 1 N–H and O–H groups in total. The number of hydrogen-bond donors (Lipinski definition) is 1. The maximum absolute atomic E-state index is 5.78. The molecule has 2 rings (SSSR count). The van der Waals surface area contributed by atoms with E-state index in [0.29, 0.717) is 11.5 Å². The first kappa shape index (κ1) is 16.5. The van der Waals surface area contributed by atoms with E-state index in [9.17, 15) is 0 Å². The van der Waals surface area contributed by atoms with Crippen LogP contribution in [-0.4, -0.2) is 24.8 Å². The summed E-state index contributed by atoms with van der Waals surface area (Å²) in [6, 6.07) is 11.4. The highest BCUT2D eigenvalue weighted by molar-refractivity contribution is 5.16. The summed E-state index contributed by atoms with van der Waals surface area (Å²) in [6.07, 6.45) is 4.61. The third-order valence-electron chi connectivity index (χ3n) is 4.46. The zero-order valence-corrected chi connectivity index (χ0v) is 14.1. The van der Waals surface area contributed by atoms with E-state index in [1.165, 1.54) is 12.0 Å². The molecule has 0 saturated carbocycles. The molecule has 0 aromatic heterocycles. The Morgan fingerprint density at radius 3 is 2.62 bits per heavy atom. The van der Waals surface area contributed by atoms with Crippen molar-refractivity contribution >= 4 is 0 Å². The van der Waals surface area contributed by atoms with Gasteiger partial charge in [-0.2, -0.15) is 0 Å². The molecule has 0 spiro atoms. The van der Waals surface area contributed by atoms with Crippen LogP contribution in [0, 0.1) is 5.41 Å². The lowest BCUT2D eigenvalue weighted by Gasteiger charge is -2.36. The van der Waals surface area contributed by atoms with Crippen LogP contribution in [0.5, 0.6) is 0 Å². The van der Waals surface area contributed by atoms with Gasteiger partial charge in [0.25, 0.3) is 0 Å². The van der Waals surface area contributed by atoms with E-state index in [0.717, 1.165) is 32.4 Å². The van der Waals surface area contributed by atoms with Gasteiger partial charge >= 0.3 is 0 Å². The summed E-state index contributed by atoms with van der Waals surface area (Å²) in [5.74, 6) is 0. The van der Waals surface area contributed by atoms with Crippen molar-refractivity contribution in [2.24, 2.45) is 5.41 Å². The van der Waals surface area contributed by atoms with Gasteiger partial charge in [0.05, 0.1) is 5.60 Å². The number of ether oxygens (including phenoxy) is 1. The first-order valence-electron chi connectivity index (χ1n) is 8.28. The SMILES string of the molecule is CC(C)(CCN[C@@H]1CCOC(C)(C)C1)Cc1ccccc1. The van der Waals surface area contributed by atoms with Gasteiger partial charge in [0.2, 0.25) is 0 Å². The lowest BCUT2D eigenvalue weighted by atomic mass is 9.82. The predicted octanol–water partition coefficient (Wildman–Crippen LogP) is 4.19. The maximum Gasteiger partial charge on any atom is 0.0641 e. The Morgan fingerprint density at radius 1 is 1.24 bits per heavy atom. The van der Waals surface area contributed by atoms with Gasteiger partial charge in [-0.15, -0.1) is 0 Å². The zero-order chi connectivity index (χ0) is 15.3. The molecule has 1 aliphatic heterocycles. The molecule has 21 heavy (non-hydrogen) atoms. The van der Waals surface area contributed by atoms with Gasteiger partial charge in [-0.3, -0.25) is 0 Å². The van der Waals surface area contributed by atoms with Crippen LogP contribution >= 0.6 is 0 Å². The molecule has 0 unspecified atom stereocenters. The van der Waals surface area contributed by atoms with Crippen molar-refractivity contribution in [2.45, 2.75) is 65.0 Å². The van der Waals surface area contributed by atoms with E-state index < -0.39 is 0 Å². The van der Waals surface area contributed by atoms with Gasteiger partial charge in [0.15, 0.2) is 0 Å². The molecule has 1 aromatic carbocycles. The van der Waals surface area contributed by atoms with E-state index in [2.05, 4.69) is 63.3 Å². The van der Waals surface area contributed by atoms with Crippen LogP contribution in [0.25, 0.3) is 0 Å². The molecular formula is C19H31NO. The summed E-state index contributed by atoms with van der Waals surface area (Å²) in [6.45, 7) is 11.1. The fraction of sp³-hybridized carbons (Fsp3) is 0.684. The van der Waals surface area contributed by atoms with E-state index in [-0.39, 0.29) is 5.60 Å². The molecule has 0 radical (unpaired) electrons. The quantitative estimate of drug-likeness (QED) is 0.847. The van der Waals surface area contributed by atoms with Gasteiger partial charge in [-0.1, -0.05) is 44.2 Å². The molecule has 2 nitrogen and oxygen atoms in total. The number of benzene rings is 1. The number of rotatable bonds is 6. The highest BCUT2D eigenvalue weighted by Crippen LogP contribution is 2.27. The van der Waals surface area contributed by atoms with E-state index in [1.54, 1.807) is 0 Å². The smallest absolute Gasteiger partial charge is 0.0641 e. The van der Waals surface area contributed by atoms with E-state index in [1.807, 2.05) is 0 Å². The second kappa shape index (κ2) is 6.93. The Morgan fingerprint density at radius 2 is 1.95 bits per heavy atom. The van der Waals surface area contributed by atoms with Crippen LogP contribution < -0.4 is 5.32 Å². The average molecular weight is 289 g/mol. The molecule has 1 saturated heterocycles. The normalized spacial score (nSPS) is 22.2. The van der Waals surface area contributed by atoms with Crippen molar-refractivity contribution < 1.29 is 4.74 Å². The first-order valence-corrected chi connectivity index (χ1v) is 8.28. The second-order valence-corrected chi connectivity index (χ2v) is 7.83. The standard InChI is InChI=1S/C19H31NO/c1-18(2,14-16-8-6-5-7-9-16)11-12-20-17-10-13-21-19(3,4)15-17/h5-9,17,20H,10-15H2,1-4H3/t17-/m1/s1. The highest BCUT2D eigenvalue weighted by Gasteiger charge is 2.28. The largest absolute Gasteiger partial charge is 0.375 e. The minimum atomic E-state index is 0.0372. The Kier molecular flexibility index (Phi) is 5.45. The van der Waals surface area contributed by atoms with Gasteiger partial charge in [-0.05, 0) is 57.1 Å². The van der Waals surface area contributed by atoms with Crippen molar-refractivity contribution in [2.75, 3.05) is 13.2 Å². The monoisotopic (exact) mass is 289 g/mol. The van der Waals surface area contributed by atoms with Crippen molar-refractivity contribution in [3.8, 4) is 0 Å². The fourth-order valence-corrected chi connectivity index (χ4v) is 3.26. The molecular weight excluding hydrogens is 258 g/mol. The Bertz CT molecular complexity index is 424. The summed E-state index contributed by atoms with van der Waals surface area (Å²) in [4.78, 5) is 0. The molecule has 2 heteroatoms. The van der Waals surface area contributed by atoms with Gasteiger partial charge in [0.1, 0.15) is 0 Å². The third-order valence-corrected chi connectivity index (χ3v) is 4.46. The van der Waals surface area contributed by atoms with Crippen LogP contribution in [-0.2, 0) is 11.2 Å². The highest BCUT2D eigenvalue weighted by atomic mass is 16.5. The number of nitrogens with one attached hydrogen (secondary N) is 1. The molecule has 1 aromatic rings.